The fourth-order valence-electron chi connectivity index (χ4n) is 18.4. The molecule has 2 aromatic heterocycles. The van der Waals surface area contributed by atoms with Crippen LogP contribution in [-0.4, -0.2) is 0 Å². The zero-order valence-corrected chi connectivity index (χ0v) is 58.7. The van der Waals surface area contributed by atoms with Crippen LogP contribution in [0.25, 0.3) is 88.4 Å². The number of benzene rings is 9. The second-order valence-corrected chi connectivity index (χ2v) is 29.9. The van der Waals surface area contributed by atoms with E-state index in [1.54, 1.807) is 22.3 Å². The van der Waals surface area contributed by atoms with Crippen molar-refractivity contribution in [3.8, 4) is 44.5 Å². The summed E-state index contributed by atoms with van der Waals surface area (Å²) in [6.45, 7) is 16.6. The minimum atomic E-state index is -0.303. The topological polar surface area (TPSA) is 29.5 Å². The fourth-order valence-corrected chi connectivity index (χ4v) is 18.4. The maximum absolute atomic E-state index is 6.97. The molecule has 9 aromatic carbocycles. The van der Waals surface area contributed by atoms with Crippen LogP contribution in [0.2, 0.25) is 0 Å². The average Bonchev–Trinajstić information content (AvgIpc) is 1.53. The van der Waals surface area contributed by atoms with Crippen LogP contribution in [0.5, 0.6) is 0 Å². The molecule has 0 aliphatic heterocycles. The summed E-state index contributed by atoms with van der Waals surface area (Å²) >= 11 is 0. The van der Waals surface area contributed by atoms with Gasteiger partial charge in [0.1, 0.15) is 22.3 Å². The van der Waals surface area contributed by atoms with Gasteiger partial charge in [0.05, 0.1) is 0 Å². The van der Waals surface area contributed by atoms with E-state index in [-0.39, 0.29) is 16.2 Å². The third-order valence-electron chi connectivity index (χ3n) is 23.4. The van der Waals surface area contributed by atoms with Crippen LogP contribution < -0.4 is 4.90 Å². The number of aryl methyl sites for hydroxylation is 1. The monoisotopic (exact) mass is 1260 g/mol. The lowest BCUT2D eigenvalue weighted by Gasteiger charge is -2.35. The molecule has 3 nitrogen and oxygen atoms in total. The van der Waals surface area contributed by atoms with Crippen LogP contribution in [0, 0.1) is 6.92 Å². The lowest BCUT2D eigenvalue weighted by atomic mass is 9.68. The zero-order chi connectivity index (χ0) is 65.1. The first-order chi connectivity index (χ1) is 46.6. The molecule has 3 aliphatic carbocycles. The summed E-state index contributed by atoms with van der Waals surface area (Å²) in [5.41, 5.74) is 28.2. The summed E-state index contributed by atoms with van der Waals surface area (Å²) in [6, 6.07) is 66.1. The molecule has 0 spiro atoms. The van der Waals surface area contributed by atoms with Crippen molar-refractivity contribution in [2.24, 2.45) is 0 Å². The van der Waals surface area contributed by atoms with Gasteiger partial charge in [0, 0.05) is 60.4 Å². The Morgan fingerprint density at radius 1 is 0.305 bits per heavy atom. The van der Waals surface area contributed by atoms with Crippen LogP contribution >= 0.6 is 0 Å². The first kappa shape index (κ1) is 64.7. The molecule has 0 bridgehead atoms. The SMILES string of the molecule is CCCCCCCCC1(CCCCCCCC)c2cc(N(c3ccccc3)c3ccc4c(c3)C(C)(C)c3cc(-c5ccccc5C)c5oc6ccccc6c5c3-4)ccc2-c2cc3c(cc21)-c1c(ccc2oc4ccccc4c12)C3(CCCCCCCC)CCCCCCCC. The van der Waals surface area contributed by atoms with Gasteiger partial charge in [0.15, 0.2) is 0 Å². The Bertz CT molecular complexity index is 4470. The highest BCUT2D eigenvalue weighted by Crippen LogP contribution is 2.64. The Hall–Kier alpha value is -7.62. The number of fused-ring (bicyclic) bond motifs is 17. The Kier molecular flexibility index (Phi) is 19.2. The molecule has 2 heterocycles. The Labute approximate surface area is 569 Å². The molecule has 11 aromatic rings. The predicted molar refractivity (Wildman–Crippen MR) is 408 cm³/mol. The number of furan rings is 2. The molecule has 0 saturated heterocycles. The molecule has 490 valence electrons. The van der Waals surface area contributed by atoms with Crippen molar-refractivity contribution in [1.82, 2.24) is 0 Å². The van der Waals surface area contributed by atoms with Crippen molar-refractivity contribution in [2.45, 2.75) is 244 Å². The lowest BCUT2D eigenvalue weighted by molar-refractivity contribution is 0.394. The van der Waals surface area contributed by atoms with E-state index in [9.17, 15) is 0 Å². The van der Waals surface area contributed by atoms with Crippen molar-refractivity contribution in [3.05, 3.63) is 209 Å². The van der Waals surface area contributed by atoms with Gasteiger partial charge in [-0.3, -0.25) is 0 Å². The normalized spacial score (nSPS) is 14.4. The van der Waals surface area contributed by atoms with Crippen LogP contribution in [0.3, 0.4) is 0 Å². The molecule has 0 unspecified atom stereocenters. The van der Waals surface area contributed by atoms with E-state index in [0.29, 0.717) is 0 Å². The molecule has 14 rings (SSSR count). The average molecular weight is 1260 g/mol. The van der Waals surface area contributed by atoms with Gasteiger partial charge in [0.25, 0.3) is 0 Å². The van der Waals surface area contributed by atoms with Gasteiger partial charge < -0.3 is 13.7 Å². The molecular weight excluding hydrogens is 1150 g/mol. The predicted octanol–water partition coefficient (Wildman–Crippen LogP) is 28.8. The maximum Gasteiger partial charge on any atom is 0.143 e. The molecule has 3 heteroatoms. The van der Waals surface area contributed by atoms with Gasteiger partial charge in [-0.15, -0.1) is 0 Å². The van der Waals surface area contributed by atoms with E-state index in [0.717, 1.165) is 35.2 Å². The molecule has 3 aliphatic rings. The highest BCUT2D eigenvalue weighted by atomic mass is 16.3. The molecule has 0 N–H and O–H groups in total. The van der Waals surface area contributed by atoms with Gasteiger partial charge in [-0.1, -0.05) is 293 Å². The zero-order valence-electron chi connectivity index (χ0n) is 58.7. The number of nitrogens with zero attached hydrogens (tertiary/aromatic N) is 1. The summed E-state index contributed by atoms with van der Waals surface area (Å²) in [5.74, 6) is 0. The summed E-state index contributed by atoms with van der Waals surface area (Å²) in [7, 11) is 0. The van der Waals surface area contributed by atoms with Gasteiger partial charge >= 0.3 is 0 Å². The van der Waals surface area contributed by atoms with E-state index in [1.807, 2.05) is 0 Å². The van der Waals surface area contributed by atoms with Gasteiger partial charge in [-0.2, -0.15) is 0 Å². The number of hydrogen-bond donors (Lipinski definition) is 0. The molecular formula is C92H105NO2. The third kappa shape index (κ3) is 11.8. The van der Waals surface area contributed by atoms with E-state index >= 15 is 0 Å². The highest BCUT2D eigenvalue weighted by Gasteiger charge is 2.49. The van der Waals surface area contributed by atoms with Crippen LogP contribution in [0.4, 0.5) is 17.1 Å². The first-order valence-electron chi connectivity index (χ1n) is 38.0. The van der Waals surface area contributed by atoms with Crippen molar-refractivity contribution in [3.63, 3.8) is 0 Å². The van der Waals surface area contributed by atoms with E-state index in [4.69, 9.17) is 8.83 Å². The quantitative estimate of drug-likeness (QED) is 0.0394. The standard InChI is InChI=1S/C92H105NO2/c1-8-12-16-20-24-37-55-91(56-38-25-21-17-13-9-2)76-53-54-84-87(71-45-33-35-47-82(71)94-84)86(76)75-63-79-73(61-80(75)91)69-51-49-67(60-78(69)92(79,57-39-26-22-18-14-10-3)58-40-27-23-19-15-11-4)93(65-42-29-28-30-43-65)66-50-52-70-77(59-66)90(6,7)81-62-74(68-44-32-31-41-64(68)5)89-88(85(70)81)72-46-34-36-48-83(72)95-89/h28-36,41-54,59-63H,8-27,37-40,55-58H2,1-7H3. The Morgan fingerprint density at radius 3 is 1.36 bits per heavy atom. The van der Waals surface area contributed by atoms with E-state index in [2.05, 4.69) is 223 Å². The lowest BCUT2D eigenvalue weighted by Crippen LogP contribution is -2.27. The smallest absolute Gasteiger partial charge is 0.143 e. The summed E-state index contributed by atoms with van der Waals surface area (Å²) in [6.07, 6.45) is 35.7. The number of unbranched alkanes of at least 4 members (excludes halogenated alkanes) is 20. The third-order valence-corrected chi connectivity index (χ3v) is 23.4. The number of hydrogen-bond acceptors (Lipinski definition) is 3. The van der Waals surface area contributed by atoms with Gasteiger partial charge in [-0.25, -0.2) is 0 Å². The largest absolute Gasteiger partial charge is 0.456 e. The summed E-state index contributed by atoms with van der Waals surface area (Å²) in [4.78, 5) is 2.60. The number of para-hydroxylation sites is 3. The molecule has 95 heavy (non-hydrogen) atoms. The molecule has 0 fully saturated rings. The number of rotatable bonds is 32. The molecule has 0 saturated carbocycles. The minimum absolute atomic E-state index is 0.0880. The fraction of sp³-hybridized carbons (Fsp3) is 0.413. The summed E-state index contributed by atoms with van der Waals surface area (Å²) < 4.78 is 13.9. The van der Waals surface area contributed by atoms with Crippen molar-refractivity contribution in [2.75, 3.05) is 4.90 Å². The first-order valence-corrected chi connectivity index (χ1v) is 38.0. The Morgan fingerprint density at radius 2 is 0.758 bits per heavy atom. The molecule has 0 amide bonds. The van der Waals surface area contributed by atoms with E-state index in [1.165, 1.54) is 267 Å². The van der Waals surface area contributed by atoms with Crippen LogP contribution in [0.1, 0.15) is 260 Å². The van der Waals surface area contributed by atoms with Gasteiger partial charge in [-0.05, 0) is 183 Å². The van der Waals surface area contributed by atoms with E-state index < -0.39 is 0 Å². The second-order valence-electron chi connectivity index (χ2n) is 29.9. The maximum atomic E-state index is 6.97. The van der Waals surface area contributed by atoms with Crippen molar-refractivity contribution < 1.29 is 8.83 Å². The molecule has 0 radical (unpaired) electrons. The van der Waals surface area contributed by atoms with Crippen molar-refractivity contribution >= 4 is 60.9 Å². The van der Waals surface area contributed by atoms with Crippen molar-refractivity contribution in [1.29, 1.82) is 0 Å². The number of anilines is 3. The van der Waals surface area contributed by atoms with Gasteiger partial charge in [0.2, 0.25) is 0 Å². The minimum Gasteiger partial charge on any atom is -0.456 e. The second kappa shape index (κ2) is 28.2. The Balaban J connectivity index is 0.961. The van der Waals surface area contributed by atoms with Crippen LogP contribution in [0.15, 0.2) is 179 Å². The molecule has 0 atom stereocenters. The van der Waals surface area contributed by atoms with Crippen LogP contribution in [-0.2, 0) is 16.2 Å². The summed E-state index contributed by atoms with van der Waals surface area (Å²) in [5, 5.41) is 4.99. The highest BCUT2D eigenvalue weighted by molar-refractivity contribution is 6.19.